The number of urea groups is 1. The highest BCUT2D eigenvalue weighted by Gasteiger charge is 2.58. The molecule has 4 bridgehead atoms. The molecule has 6 nitrogen and oxygen atoms in total. The molecule has 6 rings (SSSR count). The first-order valence-corrected chi connectivity index (χ1v) is 12.4. The molecule has 6 heteroatoms. The van der Waals surface area contributed by atoms with Crippen LogP contribution in [0, 0.1) is 29.1 Å². The first kappa shape index (κ1) is 21.6. The molecule has 4 aliphatic carbocycles. The third-order valence-electron chi connectivity index (χ3n) is 8.99. The lowest BCUT2D eigenvalue weighted by Crippen LogP contribution is -2.63. The summed E-state index contributed by atoms with van der Waals surface area (Å²) in [6.45, 7) is 1.68. The average molecular weight is 440 g/mol. The molecule has 2 atom stereocenters. The molecular weight excluding hydrogens is 402 g/mol. The van der Waals surface area contributed by atoms with Gasteiger partial charge in [-0.2, -0.15) is 0 Å². The minimum absolute atomic E-state index is 0.101. The van der Waals surface area contributed by atoms with E-state index in [2.05, 4.69) is 17.4 Å². The Labute approximate surface area is 191 Å². The van der Waals surface area contributed by atoms with Crippen LogP contribution in [0.3, 0.4) is 0 Å². The molecule has 174 valence electrons. The number of carbonyl (C=O) groups is 2. The van der Waals surface area contributed by atoms with E-state index >= 15 is 0 Å². The zero-order valence-electron chi connectivity index (χ0n) is 19.2. The molecule has 0 aromatic heterocycles. The fourth-order valence-corrected chi connectivity index (χ4v) is 7.38. The Hall–Kier alpha value is -2.24. The van der Waals surface area contributed by atoms with Crippen LogP contribution in [0.15, 0.2) is 24.3 Å². The number of nitrogens with one attached hydrogen (secondary N) is 1. The van der Waals surface area contributed by atoms with Gasteiger partial charge in [-0.05, 0) is 99.2 Å². The Bertz CT molecular complexity index is 830. The summed E-state index contributed by atoms with van der Waals surface area (Å²) in [5.74, 6) is 2.92. The van der Waals surface area contributed by atoms with Gasteiger partial charge in [-0.3, -0.25) is 4.79 Å². The number of piperidine rings is 1. The first-order chi connectivity index (χ1) is 15.5. The van der Waals surface area contributed by atoms with Gasteiger partial charge in [0.15, 0.2) is 0 Å². The third kappa shape index (κ3) is 4.08. The van der Waals surface area contributed by atoms with Crippen LogP contribution in [-0.4, -0.2) is 43.1 Å². The van der Waals surface area contributed by atoms with Crippen molar-refractivity contribution in [1.82, 2.24) is 10.2 Å². The van der Waals surface area contributed by atoms with Crippen LogP contribution in [0.4, 0.5) is 4.79 Å². The molecule has 5 aliphatic rings. The SMILES string of the molecule is COc1ccc(CCC2CCN(C(=O)NC3C4CC5CC3CC(C(N)=O)(C5)C4)CC2)cc1. The lowest BCUT2D eigenvalue weighted by atomic mass is 9.47. The predicted molar refractivity (Wildman–Crippen MR) is 123 cm³/mol. The number of likely N-dealkylation sites (tertiary alicyclic amines) is 1. The number of benzene rings is 1. The summed E-state index contributed by atoms with van der Waals surface area (Å²) >= 11 is 0. The van der Waals surface area contributed by atoms with Gasteiger partial charge in [-0.1, -0.05) is 12.1 Å². The monoisotopic (exact) mass is 439 g/mol. The van der Waals surface area contributed by atoms with Crippen molar-refractivity contribution >= 4 is 11.9 Å². The molecule has 1 heterocycles. The van der Waals surface area contributed by atoms with Crippen molar-refractivity contribution in [3.63, 3.8) is 0 Å². The zero-order valence-corrected chi connectivity index (χ0v) is 19.2. The Morgan fingerprint density at radius 1 is 1.09 bits per heavy atom. The number of nitrogens with zero attached hydrogens (tertiary/aromatic N) is 1. The van der Waals surface area contributed by atoms with Crippen LogP contribution < -0.4 is 15.8 Å². The highest BCUT2D eigenvalue weighted by Crippen LogP contribution is 2.59. The minimum atomic E-state index is -0.292. The highest BCUT2D eigenvalue weighted by atomic mass is 16.5. The first-order valence-electron chi connectivity index (χ1n) is 12.4. The number of hydrogen-bond acceptors (Lipinski definition) is 3. The molecule has 1 aromatic rings. The number of primary amides is 1. The molecule has 0 spiro atoms. The van der Waals surface area contributed by atoms with Crippen molar-refractivity contribution in [2.75, 3.05) is 20.2 Å². The molecule has 2 unspecified atom stereocenters. The van der Waals surface area contributed by atoms with Crippen molar-refractivity contribution in [2.45, 2.75) is 63.8 Å². The minimum Gasteiger partial charge on any atom is -0.497 e. The highest BCUT2D eigenvalue weighted by molar-refractivity contribution is 5.81. The second kappa shape index (κ2) is 8.60. The van der Waals surface area contributed by atoms with Gasteiger partial charge in [0, 0.05) is 24.5 Å². The van der Waals surface area contributed by atoms with Crippen LogP contribution in [0.2, 0.25) is 0 Å². The van der Waals surface area contributed by atoms with E-state index in [9.17, 15) is 9.59 Å². The molecule has 3 amide bonds. The molecular formula is C26H37N3O3. The van der Waals surface area contributed by atoms with Gasteiger partial charge in [-0.25, -0.2) is 4.79 Å². The standard InChI is InChI=1S/C26H37N3O3/c1-32-22-6-4-17(5-7-22)2-3-18-8-10-29(11-9-18)25(31)28-23-20-12-19-13-21(23)16-26(14-19,15-20)24(27)30/h4-7,18-21,23H,2-3,8-16H2,1H3,(H2,27,30)(H,28,31). The quantitative estimate of drug-likeness (QED) is 0.708. The van der Waals surface area contributed by atoms with E-state index in [-0.39, 0.29) is 23.4 Å². The van der Waals surface area contributed by atoms with E-state index < -0.39 is 0 Å². The van der Waals surface area contributed by atoms with E-state index in [0.29, 0.717) is 23.7 Å². The van der Waals surface area contributed by atoms with Gasteiger partial charge in [0.05, 0.1) is 7.11 Å². The van der Waals surface area contributed by atoms with Gasteiger partial charge < -0.3 is 20.7 Å². The lowest BCUT2D eigenvalue weighted by molar-refractivity contribution is -0.145. The molecule has 5 fully saturated rings. The Balaban J connectivity index is 1.09. The number of ether oxygens (including phenoxy) is 1. The van der Waals surface area contributed by atoms with Crippen LogP contribution in [0.1, 0.15) is 56.9 Å². The smallest absolute Gasteiger partial charge is 0.317 e. The lowest BCUT2D eigenvalue weighted by Gasteiger charge is -2.59. The number of methoxy groups -OCH3 is 1. The average Bonchev–Trinajstić information content (AvgIpc) is 2.80. The number of carbonyl (C=O) groups excluding carboxylic acids is 2. The van der Waals surface area contributed by atoms with E-state index in [1.807, 2.05) is 17.0 Å². The fraction of sp³-hybridized carbons (Fsp3) is 0.692. The number of amides is 3. The Morgan fingerprint density at radius 3 is 2.34 bits per heavy atom. The van der Waals surface area contributed by atoms with Gasteiger partial charge in [-0.15, -0.1) is 0 Å². The summed E-state index contributed by atoms with van der Waals surface area (Å²) in [5, 5.41) is 3.39. The van der Waals surface area contributed by atoms with Crippen LogP contribution in [0.5, 0.6) is 5.75 Å². The number of nitrogens with two attached hydrogens (primary N) is 1. The Morgan fingerprint density at radius 2 is 1.75 bits per heavy atom. The maximum absolute atomic E-state index is 13.1. The van der Waals surface area contributed by atoms with Crippen molar-refractivity contribution in [3.8, 4) is 5.75 Å². The van der Waals surface area contributed by atoms with Gasteiger partial charge in [0.2, 0.25) is 5.91 Å². The van der Waals surface area contributed by atoms with Crippen molar-refractivity contribution < 1.29 is 14.3 Å². The third-order valence-corrected chi connectivity index (χ3v) is 8.99. The van der Waals surface area contributed by atoms with E-state index in [1.165, 1.54) is 12.0 Å². The van der Waals surface area contributed by atoms with Crippen LogP contribution in [0.25, 0.3) is 0 Å². The largest absolute Gasteiger partial charge is 0.497 e. The maximum Gasteiger partial charge on any atom is 0.317 e. The van der Waals surface area contributed by atoms with Crippen LogP contribution >= 0.6 is 0 Å². The summed E-state index contributed by atoms with van der Waals surface area (Å²) in [5.41, 5.74) is 6.86. The normalized spacial score (nSPS) is 33.8. The Kier molecular flexibility index (Phi) is 5.81. The molecule has 32 heavy (non-hydrogen) atoms. The van der Waals surface area contributed by atoms with E-state index in [0.717, 1.165) is 70.2 Å². The fourth-order valence-electron chi connectivity index (χ4n) is 7.38. The second-order valence-corrected chi connectivity index (χ2v) is 10.9. The summed E-state index contributed by atoms with van der Waals surface area (Å²) in [7, 11) is 1.69. The molecule has 1 saturated heterocycles. The number of rotatable bonds is 6. The molecule has 1 aliphatic heterocycles. The summed E-state index contributed by atoms with van der Waals surface area (Å²) in [4.78, 5) is 27.2. The zero-order chi connectivity index (χ0) is 22.3. The number of hydrogen-bond donors (Lipinski definition) is 2. The van der Waals surface area contributed by atoms with Gasteiger partial charge >= 0.3 is 6.03 Å². The van der Waals surface area contributed by atoms with Gasteiger partial charge in [0.1, 0.15) is 5.75 Å². The molecule has 0 radical (unpaired) electrons. The second-order valence-electron chi connectivity index (χ2n) is 10.9. The topological polar surface area (TPSA) is 84.7 Å². The van der Waals surface area contributed by atoms with Crippen LogP contribution in [-0.2, 0) is 11.2 Å². The van der Waals surface area contributed by atoms with E-state index in [4.69, 9.17) is 10.5 Å². The molecule has 3 N–H and O–H groups in total. The molecule has 4 saturated carbocycles. The van der Waals surface area contributed by atoms with E-state index in [1.54, 1.807) is 7.11 Å². The maximum atomic E-state index is 13.1. The summed E-state index contributed by atoms with van der Waals surface area (Å²) in [6, 6.07) is 8.67. The van der Waals surface area contributed by atoms with Crippen molar-refractivity contribution in [1.29, 1.82) is 0 Å². The van der Waals surface area contributed by atoms with Crippen molar-refractivity contribution in [3.05, 3.63) is 29.8 Å². The van der Waals surface area contributed by atoms with Crippen molar-refractivity contribution in [2.24, 2.45) is 34.8 Å². The summed E-state index contributed by atoms with van der Waals surface area (Å²) < 4.78 is 5.24. The van der Waals surface area contributed by atoms with Gasteiger partial charge in [0.25, 0.3) is 0 Å². The number of aryl methyl sites for hydroxylation is 1. The molecule has 1 aromatic carbocycles. The summed E-state index contributed by atoms with van der Waals surface area (Å²) in [6.07, 6.45) is 9.40. The predicted octanol–water partition coefficient (Wildman–Crippen LogP) is 3.73.